The molecule has 0 radical (unpaired) electrons. The highest BCUT2D eigenvalue weighted by atomic mass is 16.7. The maximum atomic E-state index is 12.7. The van der Waals surface area contributed by atoms with Crippen molar-refractivity contribution in [1.29, 1.82) is 0 Å². The summed E-state index contributed by atoms with van der Waals surface area (Å²) < 4.78 is 15.7. The van der Waals surface area contributed by atoms with E-state index in [4.69, 9.17) is 14.2 Å². The Morgan fingerprint density at radius 3 is 2.74 bits per heavy atom. The van der Waals surface area contributed by atoms with Gasteiger partial charge in [-0.25, -0.2) is 0 Å². The first kappa shape index (κ1) is 16.1. The number of carbonyl (C=O) groups excluding carboxylic acids is 2. The minimum Gasteiger partial charge on any atom is -0.465 e. The van der Waals surface area contributed by atoms with Gasteiger partial charge in [0.2, 0.25) is 6.29 Å². The van der Waals surface area contributed by atoms with Gasteiger partial charge in [0.25, 0.3) is 0 Å². The average molecular weight is 319 g/mol. The van der Waals surface area contributed by atoms with Gasteiger partial charge in [0.15, 0.2) is 5.78 Å². The molecule has 2 unspecified atom stereocenters. The van der Waals surface area contributed by atoms with Crippen LogP contribution in [0.4, 0.5) is 0 Å². The first-order valence-corrected chi connectivity index (χ1v) is 7.83. The molecule has 0 aromatic heterocycles. The lowest BCUT2D eigenvalue weighted by Gasteiger charge is -2.32. The highest BCUT2D eigenvalue weighted by Crippen LogP contribution is 2.42. The summed E-state index contributed by atoms with van der Waals surface area (Å²) in [5.74, 6) is -1.09. The predicted octanol–water partition coefficient (Wildman–Crippen LogP) is 1.07. The molecule has 6 nitrogen and oxygen atoms in total. The van der Waals surface area contributed by atoms with E-state index in [1.54, 1.807) is 6.92 Å². The number of hydrogen-bond donors (Lipinski definition) is 1. The molecule has 1 aromatic rings. The van der Waals surface area contributed by atoms with Crippen molar-refractivity contribution in [2.75, 3.05) is 20.3 Å². The maximum absolute atomic E-state index is 12.7. The van der Waals surface area contributed by atoms with E-state index < -0.39 is 12.3 Å². The van der Waals surface area contributed by atoms with E-state index in [-0.39, 0.29) is 36.2 Å². The summed E-state index contributed by atoms with van der Waals surface area (Å²) in [5, 5.41) is 3.28. The number of Topliss-reactive ketones (excluding diaryl/α,β-unsaturated/α-hetero) is 1. The summed E-state index contributed by atoms with van der Waals surface area (Å²) in [7, 11) is 1.45. The molecule has 2 aliphatic heterocycles. The van der Waals surface area contributed by atoms with Crippen LogP contribution in [0.25, 0.3) is 0 Å². The van der Waals surface area contributed by atoms with Gasteiger partial charge in [0, 0.05) is 25.0 Å². The Bertz CT molecular complexity index is 576. The number of carbonyl (C=O) groups is 2. The highest BCUT2D eigenvalue weighted by molar-refractivity contribution is 5.89. The van der Waals surface area contributed by atoms with Crippen LogP contribution in [-0.2, 0) is 23.8 Å². The van der Waals surface area contributed by atoms with Gasteiger partial charge in [-0.1, -0.05) is 30.3 Å². The topological polar surface area (TPSA) is 73.9 Å². The van der Waals surface area contributed by atoms with Gasteiger partial charge in [0.1, 0.15) is 6.04 Å². The quantitative estimate of drug-likeness (QED) is 0.837. The summed E-state index contributed by atoms with van der Waals surface area (Å²) in [6, 6.07) is 8.86. The summed E-state index contributed by atoms with van der Waals surface area (Å²) in [6.45, 7) is 2.36. The van der Waals surface area contributed by atoms with Gasteiger partial charge in [-0.05, 0) is 12.5 Å². The molecule has 5 atom stereocenters. The van der Waals surface area contributed by atoms with E-state index >= 15 is 0 Å². The Labute approximate surface area is 135 Å². The number of esters is 1. The van der Waals surface area contributed by atoms with Crippen molar-refractivity contribution < 1.29 is 23.8 Å². The molecule has 0 aliphatic carbocycles. The van der Waals surface area contributed by atoms with E-state index in [0.29, 0.717) is 6.61 Å². The van der Waals surface area contributed by atoms with Crippen LogP contribution in [0.3, 0.4) is 0 Å². The molecule has 6 heteroatoms. The Morgan fingerprint density at radius 2 is 2.09 bits per heavy atom. The van der Waals surface area contributed by atoms with Gasteiger partial charge in [-0.3, -0.25) is 14.9 Å². The maximum Gasteiger partial charge on any atom is 0.323 e. The number of hydrogen-bond acceptors (Lipinski definition) is 6. The van der Waals surface area contributed by atoms with Crippen LogP contribution in [0.5, 0.6) is 0 Å². The smallest absolute Gasteiger partial charge is 0.323 e. The number of methoxy groups -OCH3 is 1. The van der Waals surface area contributed by atoms with E-state index in [1.165, 1.54) is 7.11 Å². The third-order valence-corrected chi connectivity index (χ3v) is 4.52. The van der Waals surface area contributed by atoms with Crippen molar-refractivity contribution in [1.82, 2.24) is 5.32 Å². The molecule has 0 spiro atoms. The van der Waals surface area contributed by atoms with Crippen LogP contribution >= 0.6 is 0 Å². The second-order valence-electron chi connectivity index (χ2n) is 5.78. The molecule has 0 amide bonds. The minimum absolute atomic E-state index is 0.128. The minimum atomic E-state index is -0.870. The van der Waals surface area contributed by atoms with Gasteiger partial charge < -0.3 is 14.2 Å². The number of nitrogens with one attached hydrogen (secondary N) is 1. The molecule has 124 valence electrons. The van der Waals surface area contributed by atoms with Gasteiger partial charge in [0.05, 0.1) is 13.2 Å². The molecule has 2 aliphatic rings. The van der Waals surface area contributed by atoms with E-state index in [9.17, 15) is 9.59 Å². The first-order chi connectivity index (χ1) is 11.2. The zero-order valence-electron chi connectivity index (χ0n) is 13.2. The number of rotatable bonds is 4. The monoisotopic (exact) mass is 319 g/mol. The van der Waals surface area contributed by atoms with Crippen molar-refractivity contribution in [3.8, 4) is 0 Å². The fourth-order valence-electron chi connectivity index (χ4n) is 3.51. The lowest BCUT2D eigenvalue weighted by atomic mass is 9.80. The average Bonchev–Trinajstić information content (AvgIpc) is 2.97. The van der Waals surface area contributed by atoms with Gasteiger partial charge >= 0.3 is 5.97 Å². The molecule has 2 saturated heterocycles. The molecule has 0 saturated carbocycles. The summed E-state index contributed by atoms with van der Waals surface area (Å²) in [6.07, 6.45) is -0.870. The van der Waals surface area contributed by atoms with E-state index in [2.05, 4.69) is 5.32 Å². The molecule has 2 heterocycles. The second-order valence-corrected chi connectivity index (χ2v) is 5.78. The van der Waals surface area contributed by atoms with E-state index in [1.807, 2.05) is 30.3 Å². The molecular weight excluding hydrogens is 298 g/mol. The van der Waals surface area contributed by atoms with Crippen LogP contribution in [0.2, 0.25) is 0 Å². The molecule has 2 fully saturated rings. The summed E-state index contributed by atoms with van der Waals surface area (Å²) in [4.78, 5) is 25.0. The number of fused-ring (bicyclic) bond motifs is 1. The molecule has 23 heavy (non-hydrogen) atoms. The van der Waals surface area contributed by atoms with Gasteiger partial charge in [-0.2, -0.15) is 0 Å². The van der Waals surface area contributed by atoms with Crippen molar-refractivity contribution in [2.45, 2.75) is 25.3 Å². The van der Waals surface area contributed by atoms with Crippen LogP contribution in [0.15, 0.2) is 30.3 Å². The highest BCUT2D eigenvalue weighted by Gasteiger charge is 2.54. The Morgan fingerprint density at radius 1 is 1.35 bits per heavy atom. The van der Waals surface area contributed by atoms with Crippen LogP contribution in [-0.4, -0.2) is 44.4 Å². The Kier molecular flexibility index (Phi) is 4.75. The van der Waals surface area contributed by atoms with Crippen LogP contribution in [0, 0.1) is 11.8 Å². The van der Waals surface area contributed by atoms with Gasteiger partial charge in [-0.15, -0.1) is 0 Å². The van der Waals surface area contributed by atoms with Crippen molar-refractivity contribution in [2.24, 2.45) is 11.8 Å². The lowest BCUT2D eigenvalue weighted by molar-refractivity contribution is -0.187. The van der Waals surface area contributed by atoms with Crippen molar-refractivity contribution >= 4 is 11.8 Å². The number of ether oxygens (including phenoxy) is 3. The SMILES string of the molecule is CCOC(=O)[C@H]1N[C@@H](c2ccccc2)C2C(=O)[C@@H](OC)OCC21. The standard InChI is InChI=1S/C17H21NO5/c1-3-22-16(20)14-11-9-23-17(21-2)15(19)12(11)13(18-14)10-7-5-4-6-8-10/h4-8,11-14,17-18H,3,9H2,1-2H3/t11?,12?,13-,14-,17-/m0/s1. The van der Waals surface area contributed by atoms with Crippen LogP contribution < -0.4 is 5.32 Å². The fraction of sp³-hybridized carbons (Fsp3) is 0.529. The molecule has 1 N–H and O–H groups in total. The Hall–Kier alpha value is -1.76. The zero-order chi connectivity index (χ0) is 16.4. The Balaban J connectivity index is 1.92. The van der Waals surface area contributed by atoms with Crippen molar-refractivity contribution in [3.05, 3.63) is 35.9 Å². The van der Waals surface area contributed by atoms with Crippen molar-refractivity contribution in [3.63, 3.8) is 0 Å². The molecule has 3 rings (SSSR count). The zero-order valence-corrected chi connectivity index (χ0v) is 13.2. The predicted molar refractivity (Wildman–Crippen MR) is 81.5 cm³/mol. The normalized spacial score (nSPS) is 33.3. The van der Waals surface area contributed by atoms with Crippen LogP contribution in [0.1, 0.15) is 18.5 Å². The molecular formula is C17H21NO5. The molecule has 0 bridgehead atoms. The third kappa shape index (κ3) is 2.89. The largest absolute Gasteiger partial charge is 0.465 e. The lowest BCUT2D eigenvalue weighted by Crippen LogP contribution is -2.47. The first-order valence-electron chi connectivity index (χ1n) is 7.83. The number of ketones is 1. The summed E-state index contributed by atoms with van der Waals surface area (Å²) in [5.41, 5.74) is 0.972. The van der Waals surface area contributed by atoms with E-state index in [0.717, 1.165) is 5.56 Å². The number of benzene rings is 1. The third-order valence-electron chi connectivity index (χ3n) is 4.52. The molecule has 1 aromatic carbocycles. The fourth-order valence-corrected chi connectivity index (χ4v) is 3.51. The summed E-state index contributed by atoms with van der Waals surface area (Å²) >= 11 is 0. The second kappa shape index (κ2) is 6.78.